The van der Waals surface area contributed by atoms with Crippen LogP contribution in [-0.4, -0.2) is 23.9 Å². The number of amides is 1. The smallest absolute Gasteiger partial charge is 0.255 e. The van der Waals surface area contributed by atoms with Gasteiger partial charge in [0.1, 0.15) is 0 Å². The first kappa shape index (κ1) is 14.0. The molecule has 0 aromatic heterocycles. The number of hydrogen-bond acceptors (Lipinski definition) is 2. The van der Waals surface area contributed by atoms with Crippen LogP contribution in [0.2, 0.25) is 5.02 Å². The molecule has 1 aromatic rings. The number of rotatable bonds is 3. The van der Waals surface area contributed by atoms with Crippen molar-refractivity contribution in [1.82, 2.24) is 4.90 Å². The van der Waals surface area contributed by atoms with Gasteiger partial charge in [-0.15, -0.1) is 0 Å². The van der Waals surface area contributed by atoms with Crippen molar-refractivity contribution in [3.63, 3.8) is 0 Å². The molecule has 0 aliphatic rings. The third-order valence-corrected chi connectivity index (χ3v) is 3.35. The Morgan fingerprint density at radius 1 is 1.65 bits per heavy atom. The monoisotopic (exact) mass is 314 g/mol. The quantitative estimate of drug-likeness (QED) is 0.857. The molecule has 0 heterocycles. The first-order chi connectivity index (χ1) is 7.97. The SMILES string of the molecule is CC(CC#N)N(C)C(=O)c1cc(Br)ccc1Cl. The van der Waals surface area contributed by atoms with E-state index in [4.69, 9.17) is 16.9 Å². The molecule has 1 unspecified atom stereocenters. The van der Waals surface area contributed by atoms with Gasteiger partial charge in [-0.25, -0.2) is 0 Å². The van der Waals surface area contributed by atoms with Crippen LogP contribution in [0.3, 0.4) is 0 Å². The van der Waals surface area contributed by atoms with Gasteiger partial charge in [-0.1, -0.05) is 27.5 Å². The van der Waals surface area contributed by atoms with Crippen molar-refractivity contribution >= 4 is 33.4 Å². The van der Waals surface area contributed by atoms with E-state index in [1.54, 1.807) is 25.2 Å². The predicted molar refractivity (Wildman–Crippen MR) is 70.9 cm³/mol. The number of carbonyl (C=O) groups is 1. The van der Waals surface area contributed by atoms with E-state index < -0.39 is 0 Å². The summed E-state index contributed by atoms with van der Waals surface area (Å²) in [7, 11) is 1.67. The van der Waals surface area contributed by atoms with Crippen molar-refractivity contribution in [2.24, 2.45) is 0 Å². The molecule has 3 nitrogen and oxygen atoms in total. The lowest BCUT2D eigenvalue weighted by atomic mass is 10.1. The molecule has 0 bridgehead atoms. The summed E-state index contributed by atoms with van der Waals surface area (Å²) in [5.41, 5.74) is 0.438. The molecule has 0 fully saturated rings. The van der Waals surface area contributed by atoms with Gasteiger partial charge >= 0.3 is 0 Å². The van der Waals surface area contributed by atoms with Gasteiger partial charge in [0.2, 0.25) is 0 Å². The van der Waals surface area contributed by atoms with E-state index in [0.717, 1.165) is 4.47 Å². The molecule has 90 valence electrons. The maximum atomic E-state index is 12.1. The Balaban J connectivity index is 2.96. The van der Waals surface area contributed by atoms with Gasteiger partial charge in [-0.05, 0) is 25.1 Å². The Morgan fingerprint density at radius 3 is 2.88 bits per heavy atom. The lowest BCUT2D eigenvalue weighted by molar-refractivity contribution is 0.0746. The molecule has 1 rings (SSSR count). The van der Waals surface area contributed by atoms with Crippen molar-refractivity contribution < 1.29 is 4.79 Å². The highest BCUT2D eigenvalue weighted by Crippen LogP contribution is 2.22. The van der Waals surface area contributed by atoms with E-state index in [0.29, 0.717) is 17.0 Å². The van der Waals surface area contributed by atoms with Crippen molar-refractivity contribution in [1.29, 1.82) is 5.26 Å². The Hall–Kier alpha value is -1.05. The number of hydrogen-bond donors (Lipinski definition) is 0. The van der Waals surface area contributed by atoms with Crippen LogP contribution in [0, 0.1) is 11.3 Å². The highest BCUT2D eigenvalue weighted by Gasteiger charge is 2.19. The maximum absolute atomic E-state index is 12.1. The first-order valence-corrected chi connectivity index (χ1v) is 6.23. The van der Waals surface area contributed by atoms with Crippen LogP contribution in [0.25, 0.3) is 0 Å². The van der Waals surface area contributed by atoms with Crippen molar-refractivity contribution in [3.8, 4) is 6.07 Å². The Bertz CT molecular complexity index is 470. The summed E-state index contributed by atoms with van der Waals surface area (Å²) < 4.78 is 0.798. The summed E-state index contributed by atoms with van der Waals surface area (Å²) in [6.07, 6.45) is 0.299. The number of carbonyl (C=O) groups excluding carboxylic acids is 1. The van der Waals surface area contributed by atoms with Crippen LogP contribution in [0.4, 0.5) is 0 Å². The van der Waals surface area contributed by atoms with Gasteiger partial charge in [0.25, 0.3) is 5.91 Å². The molecule has 1 aromatic carbocycles. The van der Waals surface area contributed by atoms with Crippen molar-refractivity contribution in [3.05, 3.63) is 33.3 Å². The van der Waals surface area contributed by atoms with E-state index in [1.165, 1.54) is 4.90 Å². The third-order valence-electron chi connectivity index (χ3n) is 2.53. The summed E-state index contributed by atoms with van der Waals surface area (Å²) in [6.45, 7) is 1.83. The summed E-state index contributed by atoms with van der Waals surface area (Å²) >= 11 is 9.28. The fraction of sp³-hybridized carbons (Fsp3) is 0.333. The van der Waals surface area contributed by atoms with Gasteiger partial charge in [0.15, 0.2) is 0 Å². The normalized spacial score (nSPS) is 11.7. The highest BCUT2D eigenvalue weighted by atomic mass is 79.9. The Morgan fingerprint density at radius 2 is 2.29 bits per heavy atom. The molecule has 0 spiro atoms. The van der Waals surface area contributed by atoms with Gasteiger partial charge < -0.3 is 4.90 Å². The van der Waals surface area contributed by atoms with Crippen LogP contribution in [0.5, 0.6) is 0 Å². The van der Waals surface area contributed by atoms with E-state index in [-0.39, 0.29) is 11.9 Å². The van der Waals surface area contributed by atoms with E-state index in [9.17, 15) is 4.79 Å². The second-order valence-corrected chi connectivity index (χ2v) is 5.07. The zero-order valence-electron chi connectivity index (χ0n) is 9.58. The number of halogens is 2. The molecule has 0 saturated heterocycles. The average Bonchev–Trinajstić information content (AvgIpc) is 2.30. The largest absolute Gasteiger partial charge is 0.338 e. The second-order valence-electron chi connectivity index (χ2n) is 3.75. The lowest BCUT2D eigenvalue weighted by Crippen LogP contribution is -2.35. The molecular formula is C12H12BrClN2O. The molecule has 1 atom stereocenters. The summed E-state index contributed by atoms with van der Waals surface area (Å²) in [6, 6.07) is 7.03. The van der Waals surface area contributed by atoms with E-state index in [1.807, 2.05) is 13.0 Å². The average molecular weight is 316 g/mol. The highest BCUT2D eigenvalue weighted by molar-refractivity contribution is 9.10. The van der Waals surface area contributed by atoms with Crippen LogP contribution in [-0.2, 0) is 0 Å². The predicted octanol–water partition coefficient (Wildman–Crippen LogP) is 3.48. The molecule has 0 N–H and O–H groups in total. The van der Waals surface area contributed by atoms with E-state index in [2.05, 4.69) is 15.9 Å². The first-order valence-electron chi connectivity index (χ1n) is 5.06. The second kappa shape index (κ2) is 6.04. The van der Waals surface area contributed by atoms with Gasteiger partial charge in [-0.3, -0.25) is 4.79 Å². The lowest BCUT2D eigenvalue weighted by Gasteiger charge is -2.23. The third kappa shape index (κ3) is 3.45. The van der Waals surface area contributed by atoms with Crippen molar-refractivity contribution in [2.45, 2.75) is 19.4 Å². The molecular weight excluding hydrogens is 304 g/mol. The van der Waals surface area contributed by atoms with Gasteiger partial charge in [0, 0.05) is 17.6 Å². The van der Waals surface area contributed by atoms with Crippen molar-refractivity contribution in [2.75, 3.05) is 7.05 Å². The molecule has 5 heteroatoms. The topological polar surface area (TPSA) is 44.1 Å². The molecule has 0 aliphatic heterocycles. The van der Waals surface area contributed by atoms with Crippen LogP contribution in [0.15, 0.2) is 22.7 Å². The number of nitrogens with zero attached hydrogens (tertiary/aromatic N) is 2. The molecule has 0 radical (unpaired) electrons. The van der Waals surface area contributed by atoms with Crippen LogP contribution in [0.1, 0.15) is 23.7 Å². The van der Waals surface area contributed by atoms with Crippen LogP contribution >= 0.6 is 27.5 Å². The minimum Gasteiger partial charge on any atom is -0.338 e. The molecule has 17 heavy (non-hydrogen) atoms. The Kier molecular flexibility index (Phi) is 4.98. The van der Waals surface area contributed by atoms with E-state index >= 15 is 0 Å². The zero-order chi connectivity index (χ0) is 13.0. The zero-order valence-corrected chi connectivity index (χ0v) is 11.9. The minimum atomic E-state index is -0.181. The fourth-order valence-corrected chi connectivity index (χ4v) is 1.88. The van der Waals surface area contributed by atoms with Gasteiger partial charge in [-0.2, -0.15) is 5.26 Å². The summed E-state index contributed by atoms with van der Waals surface area (Å²) in [5, 5.41) is 9.03. The number of benzene rings is 1. The Labute approximate surface area is 114 Å². The van der Waals surface area contributed by atoms with Gasteiger partial charge in [0.05, 0.1) is 23.1 Å². The molecule has 0 aliphatic carbocycles. The maximum Gasteiger partial charge on any atom is 0.255 e. The molecule has 0 saturated carbocycles. The standard InChI is InChI=1S/C12H12BrClN2O/c1-8(5-6-15)16(2)12(17)10-7-9(13)3-4-11(10)14/h3-4,7-8H,5H2,1-2H3. The summed E-state index contributed by atoms with van der Waals surface area (Å²) in [4.78, 5) is 13.7. The minimum absolute atomic E-state index is 0.137. The summed E-state index contributed by atoms with van der Waals surface area (Å²) in [5.74, 6) is -0.181. The van der Waals surface area contributed by atoms with Crippen LogP contribution < -0.4 is 0 Å². The number of nitriles is 1. The molecule has 1 amide bonds. The fourth-order valence-electron chi connectivity index (χ4n) is 1.32.